The Morgan fingerprint density at radius 2 is 1.94 bits per heavy atom. The fraction of sp³-hybridized carbons (Fsp3) is 0.308. The lowest BCUT2D eigenvalue weighted by Gasteiger charge is -2.31. The van der Waals surface area contributed by atoms with Gasteiger partial charge in [0.1, 0.15) is 11.5 Å². The number of nitrogens with one attached hydrogen (secondary N) is 1. The first kappa shape index (κ1) is 24.8. The Morgan fingerprint density at radius 1 is 1.17 bits per heavy atom. The van der Waals surface area contributed by atoms with E-state index in [-0.39, 0.29) is 35.3 Å². The summed E-state index contributed by atoms with van der Waals surface area (Å²) >= 11 is 0. The van der Waals surface area contributed by atoms with Crippen molar-refractivity contribution in [2.75, 3.05) is 18.4 Å². The van der Waals surface area contributed by atoms with Gasteiger partial charge in [-0.1, -0.05) is 35.5 Å². The minimum atomic E-state index is -4.00. The van der Waals surface area contributed by atoms with Crippen LogP contribution in [0.25, 0.3) is 12.2 Å². The summed E-state index contributed by atoms with van der Waals surface area (Å²) in [6, 6.07) is 12.0. The SMILES string of the molecule is Cc1ccc(C)c(NC(=O)C2CCCN(S(=O)(=O)c3c(C)noc3/C=C/c3ccccc3F)C2)c1. The molecule has 4 rings (SSSR count). The number of benzene rings is 2. The number of aryl methyl sites for hydroxylation is 3. The summed E-state index contributed by atoms with van der Waals surface area (Å²) in [5, 5.41) is 6.79. The number of nitrogens with zero attached hydrogens (tertiary/aromatic N) is 2. The molecular weight excluding hydrogens is 469 g/mol. The highest BCUT2D eigenvalue weighted by Gasteiger charge is 2.37. The van der Waals surface area contributed by atoms with Crippen LogP contribution in [0.5, 0.6) is 0 Å². The molecule has 3 aromatic rings. The molecule has 7 nitrogen and oxygen atoms in total. The second-order valence-electron chi connectivity index (χ2n) is 8.83. The van der Waals surface area contributed by atoms with E-state index in [0.29, 0.717) is 18.4 Å². The van der Waals surface area contributed by atoms with Crippen LogP contribution in [0, 0.1) is 32.5 Å². The Hall–Kier alpha value is -3.30. The van der Waals surface area contributed by atoms with Crippen molar-refractivity contribution in [2.24, 2.45) is 5.92 Å². The lowest BCUT2D eigenvalue weighted by Crippen LogP contribution is -2.44. The van der Waals surface area contributed by atoms with Crippen molar-refractivity contribution in [3.63, 3.8) is 0 Å². The smallest absolute Gasteiger partial charge is 0.248 e. The maximum Gasteiger partial charge on any atom is 0.248 e. The van der Waals surface area contributed by atoms with Crippen LogP contribution in [0.4, 0.5) is 10.1 Å². The van der Waals surface area contributed by atoms with Gasteiger partial charge in [-0.25, -0.2) is 12.8 Å². The fourth-order valence-corrected chi connectivity index (χ4v) is 5.96. The molecule has 0 bridgehead atoms. The van der Waals surface area contributed by atoms with Gasteiger partial charge < -0.3 is 9.84 Å². The molecule has 1 unspecified atom stereocenters. The van der Waals surface area contributed by atoms with E-state index in [4.69, 9.17) is 4.52 Å². The third-order valence-corrected chi connectivity index (χ3v) is 8.18. The van der Waals surface area contributed by atoms with Gasteiger partial charge in [-0.2, -0.15) is 4.31 Å². The second-order valence-corrected chi connectivity index (χ2v) is 10.7. The molecule has 184 valence electrons. The predicted molar refractivity (Wildman–Crippen MR) is 133 cm³/mol. The molecule has 1 aliphatic rings. The Labute approximate surface area is 204 Å². The number of piperidine rings is 1. The van der Waals surface area contributed by atoms with Crippen LogP contribution in [0.2, 0.25) is 0 Å². The Morgan fingerprint density at radius 3 is 2.71 bits per heavy atom. The largest absolute Gasteiger partial charge is 0.355 e. The minimum Gasteiger partial charge on any atom is -0.355 e. The van der Waals surface area contributed by atoms with Gasteiger partial charge in [-0.05, 0) is 69.0 Å². The number of hydrogen-bond donors (Lipinski definition) is 1. The third-order valence-electron chi connectivity index (χ3n) is 6.16. The number of halogens is 1. The van der Waals surface area contributed by atoms with E-state index in [1.54, 1.807) is 25.1 Å². The summed E-state index contributed by atoms with van der Waals surface area (Å²) in [4.78, 5) is 12.9. The number of carbonyl (C=O) groups is 1. The molecule has 0 aliphatic carbocycles. The lowest BCUT2D eigenvalue weighted by molar-refractivity contribution is -0.120. The number of carbonyl (C=O) groups excluding carboxylic acids is 1. The van der Waals surface area contributed by atoms with E-state index in [1.807, 2.05) is 32.0 Å². The van der Waals surface area contributed by atoms with Gasteiger partial charge in [0, 0.05) is 24.3 Å². The van der Waals surface area contributed by atoms with Crippen LogP contribution in [-0.4, -0.2) is 36.9 Å². The van der Waals surface area contributed by atoms with E-state index in [2.05, 4.69) is 10.5 Å². The Balaban J connectivity index is 1.55. The molecule has 0 spiro atoms. The van der Waals surface area contributed by atoms with Crippen molar-refractivity contribution in [2.45, 2.75) is 38.5 Å². The normalized spacial score (nSPS) is 17.1. The van der Waals surface area contributed by atoms with Crippen LogP contribution >= 0.6 is 0 Å². The second kappa shape index (κ2) is 10.1. The number of amides is 1. The summed E-state index contributed by atoms with van der Waals surface area (Å²) in [7, 11) is -4.00. The molecule has 1 N–H and O–H groups in total. The summed E-state index contributed by atoms with van der Waals surface area (Å²) < 4.78 is 47.7. The van der Waals surface area contributed by atoms with Crippen LogP contribution in [-0.2, 0) is 14.8 Å². The first-order valence-electron chi connectivity index (χ1n) is 11.4. The van der Waals surface area contributed by atoms with Gasteiger partial charge in [0.15, 0.2) is 10.7 Å². The molecule has 0 saturated carbocycles. The zero-order chi connectivity index (χ0) is 25.2. The zero-order valence-corrected chi connectivity index (χ0v) is 20.7. The quantitative estimate of drug-likeness (QED) is 0.520. The highest BCUT2D eigenvalue weighted by molar-refractivity contribution is 7.89. The van der Waals surface area contributed by atoms with Crippen LogP contribution < -0.4 is 5.32 Å². The lowest BCUT2D eigenvalue weighted by atomic mass is 9.98. The standard InChI is InChI=1S/C26H28FN3O4S/c1-17-10-11-18(2)23(15-17)28-26(31)21-8-6-14-30(16-21)35(32,33)25-19(3)29-34-24(25)13-12-20-7-4-5-9-22(20)27/h4-5,7,9-13,15,21H,6,8,14,16H2,1-3H3,(H,28,31)/b13-12+. The van der Waals surface area contributed by atoms with E-state index >= 15 is 0 Å². The molecule has 2 aromatic carbocycles. The average molecular weight is 498 g/mol. The van der Waals surface area contributed by atoms with E-state index in [1.165, 1.54) is 22.5 Å². The molecule has 1 amide bonds. The highest BCUT2D eigenvalue weighted by Crippen LogP contribution is 2.30. The summed E-state index contributed by atoms with van der Waals surface area (Å²) in [5.74, 6) is -1.11. The van der Waals surface area contributed by atoms with Crippen molar-refractivity contribution in [1.82, 2.24) is 9.46 Å². The van der Waals surface area contributed by atoms with Gasteiger partial charge >= 0.3 is 0 Å². The van der Waals surface area contributed by atoms with Crippen molar-refractivity contribution >= 4 is 33.8 Å². The highest BCUT2D eigenvalue weighted by atomic mass is 32.2. The van der Waals surface area contributed by atoms with Gasteiger partial charge in [-0.15, -0.1) is 0 Å². The molecule has 9 heteroatoms. The van der Waals surface area contributed by atoms with E-state index in [9.17, 15) is 17.6 Å². The molecular formula is C26H28FN3O4S. The molecule has 1 saturated heterocycles. The van der Waals surface area contributed by atoms with Crippen molar-refractivity contribution < 1.29 is 22.1 Å². The number of rotatable bonds is 6. The molecule has 35 heavy (non-hydrogen) atoms. The van der Waals surface area contributed by atoms with Crippen molar-refractivity contribution in [1.29, 1.82) is 0 Å². The van der Waals surface area contributed by atoms with Crippen LogP contribution in [0.15, 0.2) is 51.9 Å². The zero-order valence-electron chi connectivity index (χ0n) is 19.9. The van der Waals surface area contributed by atoms with Gasteiger partial charge in [0.05, 0.1) is 5.92 Å². The molecule has 1 fully saturated rings. The number of aromatic nitrogens is 1. The maximum absolute atomic E-state index is 14.0. The van der Waals surface area contributed by atoms with Gasteiger partial charge in [0.2, 0.25) is 15.9 Å². The monoisotopic (exact) mass is 497 g/mol. The van der Waals surface area contributed by atoms with Gasteiger partial charge in [-0.3, -0.25) is 4.79 Å². The predicted octanol–water partition coefficient (Wildman–Crippen LogP) is 4.95. The minimum absolute atomic E-state index is 0.0210. The van der Waals surface area contributed by atoms with Crippen LogP contribution in [0.1, 0.15) is 41.0 Å². The van der Waals surface area contributed by atoms with Crippen LogP contribution in [0.3, 0.4) is 0 Å². The number of hydrogen-bond acceptors (Lipinski definition) is 5. The molecule has 2 heterocycles. The Bertz CT molecular complexity index is 1380. The first-order valence-corrected chi connectivity index (χ1v) is 12.9. The first-order chi connectivity index (χ1) is 16.7. The third kappa shape index (κ3) is 5.36. The summed E-state index contributed by atoms with van der Waals surface area (Å²) in [6.07, 6.45) is 3.99. The average Bonchev–Trinajstić information content (AvgIpc) is 3.22. The Kier molecular flexibility index (Phi) is 7.18. The van der Waals surface area contributed by atoms with E-state index < -0.39 is 21.8 Å². The summed E-state index contributed by atoms with van der Waals surface area (Å²) in [6.45, 7) is 5.75. The van der Waals surface area contributed by atoms with Crippen molar-refractivity contribution in [3.05, 3.63) is 76.4 Å². The maximum atomic E-state index is 14.0. The molecule has 1 aliphatic heterocycles. The fourth-order valence-electron chi connectivity index (χ4n) is 4.18. The van der Waals surface area contributed by atoms with Crippen molar-refractivity contribution in [3.8, 4) is 0 Å². The molecule has 0 radical (unpaired) electrons. The summed E-state index contributed by atoms with van der Waals surface area (Å²) in [5.41, 5.74) is 3.20. The topological polar surface area (TPSA) is 92.5 Å². The van der Waals surface area contributed by atoms with Gasteiger partial charge in [0.25, 0.3) is 0 Å². The number of sulfonamides is 1. The molecule has 1 atom stereocenters. The number of anilines is 1. The molecule has 1 aromatic heterocycles. The van der Waals surface area contributed by atoms with E-state index in [0.717, 1.165) is 16.8 Å².